The van der Waals surface area contributed by atoms with E-state index in [1.807, 2.05) is 24.3 Å². The van der Waals surface area contributed by atoms with Crippen LogP contribution in [0.4, 0.5) is 5.69 Å². The van der Waals surface area contributed by atoms with Crippen LogP contribution in [-0.2, 0) is 4.74 Å². The van der Waals surface area contributed by atoms with Crippen molar-refractivity contribution < 1.29 is 14.6 Å². The van der Waals surface area contributed by atoms with Crippen LogP contribution in [0.1, 0.15) is 6.92 Å². The highest BCUT2D eigenvalue weighted by Gasteiger charge is 2.25. The summed E-state index contributed by atoms with van der Waals surface area (Å²) in [6, 6.07) is 7.75. The lowest BCUT2D eigenvalue weighted by Crippen LogP contribution is -2.50. The van der Waals surface area contributed by atoms with E-state index in [2.05, 4.69) is 11.8 Å². The summed E-state index contributed by atoms with van der Waals surface area (Å²) in [6.45, 7) is 5.05. The molecular formula is C14H22N2O3. The molecule has 2 atom stereocenters. The molecule has 0 bridgehead atoms. The predicted molar refractivity (Wildman–Crippen MR) is 74.2 cm³/mol. The molecule has 0 aromatic heterocycles. The fourth-order valence-electron chi connectivity index (χ4n) is 2.14. The first kappa shape index (κ1) is 14.1. The van der Waals surface area contributed by atoms with Gasteiger partial charge in [0, 0.05) is 24.8 Å². The first-order valence-corrected chi connectivity index (χ1v) is 6.64. The number of aliphatic hydroxyl groups is 1. The maximum atomic E-state index is 9.13. The van der Waals surface area contributed by atoms with Crippen molar-refractivity contribution in [3.63, 3.8) is 0 Å². The Morgan fingerprint density at radius 2 is 2.16 bits per heavy atom. The number of benzene rings is 1. The number of nitrogen functional groups attached to an aromatic ring is 1. The molecule has 1 aromatic rings. The standard InChI is InChI=1S/C14H22N2O3/c1-11-10-19-14(9-17)8-16(11)6-7-18-13-4-2-12(15)3-5-13/h2-5,11,14,17H,6-10,15H2,1H3. The summed E-state index contributed by atoms with van der Waals surface area (Å²) in [7, 11) is 0. The molecule has 1 aromatic carbocycles. The maximum absolute atomic E-state index is 9.13. The van der Waals surface area contributed by atoms with Crippen molar-refractivity contribution in [2.75, 3.05) is 38.6 Å². The monoisotopic (exact) mass is 266 g/mol. The minimum atomic E-state index is -0.0762. The van der Waals surface area contributed by atoms with Gasteiger partial charge in [0.15, 0.2) is 0 Å². The van der Waals surface area contributed by atoms with Gasteiger partial charge in [0.05, 0.1) is 19.3 Å². The molecule has 1 saturated heterocycles. The maximum Gasteiger partial charge on any atom is 0.119 e. The highest BCUT2D eigenvalue weighted by Crippen LogP contribution is 2.14. The van der Waals surface area contributed by atoms with Crippen LogP contribution in [0.15, 0.2) is 24.3 Å². The van der Waals surface area contributed by atoms with Crippen LogP contribution in [-0.4, -0.2) is 55.1 Å². The quantitative estimate of drug-likeness (QED) is 0.769. The van der Waals surface area contributed by atoms with Gasteiger partial charge in [0.1, 0.15) is 12.4 Å². The zero-order chi connectivity index (χ0) is 13.7. The Bertz CT molecular complexity index is 383. The molecule has 5 nitrogen and oxygen atoms in total. The number of aliphatic hydroxyl groups excluding tert-OH is 1. The number of rotatable bonds is 5. The van der Waals surface area contributed by atoms with Gasteiger partial charge in [-0.1, -0.05) is 0 Å². The van der Waals surface area contributed by atoms with E-state index in [0.717, 1.165) is 24.5 Å². The van der Waals surface area contributed by atoms with E-state index < -0.39 is 0 Å². The second kappa shape index (κ2) is 6.75. The smallest absolute Gasteiger partial charge is 0.119 e. The van der Waals surface area contributed by atoms with Crippen molar-refractivity contribution in [3.05, 3.63) is 24.3 Å². The van der Waals surface area contributed by atoms with Gasteiger partial charge < -0.3 is 20.3 Å². The highest BCUT2D eigenvalue weighted by atomic mass is 16.5. The molecule has 106 valence electrons. The van der Waals surface area contributed by atoms with Gasteiger partial charge in [0.25, 0.3) is 0 Å². The molecule has 2 rings (SSSR count). The summed E-state index contributed by atoms with van der Waals surface area (Å²) >= 11 is 0. The van der Waals surface area contributed by atoms with Gasteiger partial charge in [-0.15, -0.1) is 0 Å². The zero-order valence-electron chi connectivity index (χ0n) is 11.3. The summed E-state index contributed by atoms with van der Waals surface area (Å²) in [4.78, 5) is 2.28. The Hall–Kier alpha value is -1.30. The lowest BCUT2D eigenvalue weighted by molar-refractivity contribution is -0.0798. The average Bonchev–Trinajstić information content (AvgIpc) is 2.43. The zero-order valence-corrected chi connectivity index (χ0v) is 11.3. The Morgan fingerprint density at radius 1 is 1.42 bits per heavy atom. The minimum Gasteiger partial charge on any atom is -0.492 e. The van der Waals surface area contributed by atoms with E-state index in [9.17, 15) is 0 Å². The number of hydrogen-bond acceptors (Lipinski definition) is 5. The molecule has 3 N–H and O–H groups in total. The Labute approximate surface area is 113 Å². The lowest BCUT2D eigenvalue weighted by atomic mass is 10.2. The summed E-state index contributed by atoms with van der Waals surface area (Å²) in [5.41, 5.74) is 6.36. The normalized spacial score (nSPS) is 24.3. The Morgan fingerprint density at radius 3 is 2.84 bits per heavy atom. The number of morpholine rings is 1. The molecule has 1 heterocycles. The second-order valence-corrected chi connectivity index (χ2v) is 4.90. The first-order valence-electron chi connectivity index (χ1n) is 6.64. The topological polar surface area (TPSA) is 68.0 Å². The largest absolute Gasteiger partial charge is 0.492 e. The van der Waals surface area contributed by atoms with Gasteiger partial charge in [-0.2, -0.15) is 0 Å². The van der Waals surface area contributed by atoms with E-state index in [4.69, 9.17) is 20.3 Å². The van der Waals surface area contributed by atoms with Crippen LogP contribution >= 0.6 is 0 Å². The fraction of sp³-hybridized carbons (Fsp3) is 0.571. The molecule has 19 heavy (non-hydrogen) atoms. The Kier molecular flexibility index (Phi) is 5.01. The van der Waals surface area contributed by atoms with Crippen molar-refractivity contribution in [1.82, 2.24) is 4.90 Å². The summed E-state index contributed by atoms with van der Waals surface area (Å²) in [6.07, 6.45) is -0.0762. The fourth-order valence-corrected chi connectivity index (χ4v) is 2.14. The van der Waals surface area contributed by atoms with Crippen LogP contribution < -0.4 is 10.5 Å². The van der Waals surface area contributed by atoms with Crippen molar-refractivity contribution >= 4 is 5.69 Å². The highest BCUT2D eigenvalue weighted by molar-refractivity contribution is 5.41. The van der Waals surface area contributed by atoms with E-state index in [1.165, 1.54) is 0 Å². The third kappa shape index (κ3) is 4.09. The van der Waals surface area contributed by atoms with Crippen molar-refractivity contribution in [2.45, 2.75) is 19.1 Å². The van der Waals surface area contributed by atoms with Crippen LogP contribution in [0, 0.1) is 0 Å². The Balaban J connectivity index is 1.76. The van der Waals surface area contributed by atoms with Gasteiger partial charge in [0.2, 0.25) is 0 Å². The van der Waals surface area contributed by atoms with Crippen molar-refractivity contribution in [1.29, 1.82) is 0 Å². The van der Waals surface area contributed by atoms with E-state index in [1.54, 1.807) is 0 Å². The molecule has 1 fully saturated rings. The molecule has 2 unspecified atom stereocenters. The molecule has 1 aliphatic rings. The summed E-state index contributed by atoms with van der Waals surface area (Å²) < 4.78 is 11.2. The number of anilines is 1. The molecule has 0 saturated carbocycles. The number of nitrogens with zero attached hydrogens (tertiary/aromatic N) is 1. The van der Waals surface area contributed by atoms with Crippen LogP contribution in [0.2, 0.25) is 0 Å². The summed E-state index contributed by atoms with van der Waals surface area (Å²) in [5.74, 6) is 0.828. The van der Waals surface area contributed by atoms with Crippen LogP contribution in [0.5, 0.6) is 5.75 Å². The molecule has 0 spiro atoms. The molecule has 1 aliphatic heterocycles. The second-order valence-electron chi connectivity index (χ2n) is 4.90. The van der Waals surface area contributed by atoms with Gasteiger partial charge >= 0.3 is 0 Å². The van der Waals surface area contributed by atoms with Crippen molar-refractivity contribution in [3.8, 4) is 5.75 Å². The van der Waals surface area contributed by atoms with Gasteiger partial charge in [-0.3, -0.25) is 4.90 Å². The summed E-state index contributed by atoms with van der Waals surface area (Å²) in [5, 5.41) is 9.13. The molecule has 0 aliphatic carbocycles. The SMILES string of the molecule is CC1COC(CO)CN1CCOc1ccc(N)cc1. The molecule has 0 radical (unpaired) electrons. The van der Waals surface area contributed by atoms with Crippen LogP contribution in [0.3, 0.4) is 0 Å². The van der Waals surface area contributed by atoms with Crippen LogP contribution in [0.25, 0.3) is 0 Å². The van der Waals surface area contributed by atoms with Gasteiger partial charge in [-0.25, -0.2) is 0 Å². The van der Waals surface area contributed by atoms with Crippen molar-refractivity contribution in [2.24, 2.45) is 0 Å². The molecule has 5 heteroatoms. The molecular weight excluding hydrogens is 244 g/mol. The van der Waals surface area contributed by atoms with E-state index >= 15 is 0 Å². The van der Waals surface area contributed by atoms with Gasteiger partial charge in [-0.05, 0) is 31.2 Å². The number of ether oxygens (including phenoxy) is 2. The third-order valence-electron chi connectivity index (χ3n) is 3.37. The lowest BCUT2D eigenvalue weighted by Gasteiger charge is -2.37. The average molecular weight is 266 g/mol. The number of nitrogens with two attached hydrogens (primary N) is 1. The minimum absolute atomic E-state index is 0.0715. The van der Waals surface area contributed by atoms with E-state index in [-0.39, 0.29) is 12.7 Å². The first-order chi connectivity index (χ1) is 9.19. The third-order valence-corrected chi connectivity index (χ3v) is 3.37. The predicted octanol–water partition coefficient (Wildman–Crippen LogP) is 0.729. The van der Waals surface area contributed by atoms with E-state index in [0.29, 0.717) is 19.3 Å². The number of hydrogen-bond donors (Lipinski definition) is 2. The molecule has 0 amide bonds.